The van der Waals surface area contributed by atoms with Crippen molar-refractivity contribution < 1.29 is 22.3 Å². The van der Waals surface area contributed by atoms with Crippen molar-refractivity contribution in [3.8, 4) is 5.75 Å². The minimum Gasteiger partial charge on any atom is -0.490 e. The van der Waals surface area contributed by atoms with E-state index in [1.165, 1.54) is 43.9 Å². The van der Waals surface area contributed by atoms with Crippen molar-refractivity contribution >= 4 is 6.08 Å². The lowest BCUT2D eigenvalue weighted by Crippen LogP contribution is -2.24. The van der Waals surface area contributed by atoms with Gasteiger partial charge in [0.15, 0.2) is 11.6 Å². The van der Waals surface area contributed by atoms with E-state index in [2.05, 4.69) is 13.8 Å². The maximum atomic E-state index is 15.0. The van der Waals surface area contributed by atoms with Crippen LogP contribution in [0, 0.1) is 41.3 Å². The fourth-order valence-electron chi connectivity index (χ4n) is 6.62. The van der Waals surface area contributed by atoms with Crippen LogP contribution in [0.2, 0.25) is 0 Å². The molecule has 0 heterocycles. The van der Waals surface area contributed by atoms with Crippen LogP contribution in [0.1, 0.15) is 102 Å². The fourth-order valence-corrected chi connectivity index (χ4v) is 6.62. The first-order valence-corrected chi connectivity index (χ1v) is 13.9. The van der Waals surface area contributed by atoms with Crippen LogP contribution >= 0.6 is 0 Å². The Labute approximate surface area is 208 Å². The molecule has 196 valence electrons. The highest BCUT2D eigenvalue weighted by Gasteiger charge is 2.38. The maximum Gasteiger partial charge on any atom is 0.419 e. The molecule has 3 aliphatic rings. The van der Waals surface area contributed by atoms with Crippen molar-refractivity contribution in [1.29, 1.82) is 0 Å². The van der Waals surface area contributed by atoms with Gasteiger partial charge < -0.3 is 4.74 Å². The first-order valence-electron chi connectivity index (χ1n) is 13.9. The molecule has 0 amide bonds. The predicted molar refractivity (Wildman–Crippen MR) is 134 cm³/mol. The highest BCUT2D eigenvalue weighted by Crippen LogP contribution is 2.43. The van der Waals surface area contributed by atoms with E-state index in [-0.39, 0.29) is 29.8 Å². The molecule has 0 unspecified atom stereocenters. The molecule has 1 aromatic carbocycles. The van der Waals surface area contributed by atoms with Gasteiger partial charge in [-0.05, 0) is 98.5 Å². The summed E-state index contributed by atoms with van der Waals surface area (Å²) in [7, 11) is 0. The van der Waals surface area contributed by atoms with Gasteiger partial charge in [-0.3, -0.25) is 0 Å². The van der Waals surface area contributed by atoms with Gasteiger partial charge in [0.1, 0.15) is 5.56 Å². The molecule has 3 aliphatic carbocycles. The molecule has 3 saturated carbocycles. The molecule has 0 N–H and O–H groups in total. The van der Waals surface area contributed by atoms with Gasteiger partial charge in [0.2, 0.25) is 0 Å². The number of rotatable bonds is 6. The summed E-state index contributed by atoms with van der Waals surface area (Å²) >= 11 is 0. The zero-order valence-electron chi connectivity index (χ0n) is 21.4. The number of hydrogen-bond acceptors (Lipinski definition) is 1. The molecular formula is C30H42F4O. The molecule has 3 fully saturated rings. The Morgan fingerprint density at radius 3 is 1.91 bits per heavy atom. The molecule has 0 bridgehead atoms. The molecule has 0 atom stereocenters. The Morgan fingerprint density at radius 1 is 0.800 bits per heavy atom. The normalized spacial score (nSPS) is 32.6. The third-order valence-corrected chi connectivity index (χ3v) is 9.12. The second-order valence-electron chi connectivity index (χ2n) is 11.8. The fraction of sp³-hybridized carbons (Fsp3) is 0.733. The van der Waals surface area contributed by atoms with Gasteiger partial charge in [-0.1, -0.05) is 57.7 Å². The number of allylic oxidation sites excluding steroid dienone is 1. The molecule has 1 aromatic rings. The van der Waals surface area contributed by atoms with Gasteiger partial charge in [-0.15, -0.1) is 0 Å². The van der Waals surface area contributed by atoms with Crippen molar-refractivity contribution in [2.45, 2.75) is 97.1 Å². The summed E-state index contributed by atoms with van der Waals surface area (Å²) in [4.78, 5) is 0. The zero-order chi connectivity index (χ0) is 25.0. The standard InChI is InChI=1S/C30H42F4O/c1-20-3-7-23(8-4-20)19-35-27-18-17-26(28(29(27)31)30(32,33)34)16-11-22-9-14-25(15-10-22)24-12-5-21(2)6-13-24/h11,16-18,20-25H,3-10,12-15,19H2,1-2H3/b16-11+. The lowest BCUT2D eigenvalue weighted by Gasteiger charge is -2.36. The molecule has 0 aliphatic heterocycles. The Morgan fingerprint density at radius 2 is 1.34 bits per heavy atom. The van der Waals surface area contributed by atoms with Gasteiger partial charge >= 0.3 is 6.18 Å². The van der Waals surface area contributed by atoms with Crippen molar-refractivity contribution in [2.24, 2.45) is 35.5 Å². The summed E-state index contributed by atoms with van der Waals surface area (Å²) in [6.45, 7) is 4.83. The summed E-state index contributed by atoms with van der Waals surface area (Å²) in [6.07, 6.45) is 12.4. The molecular weight excluding hydrogens is 452 g/mol. The Hall–Kier alpha value is -1.52. The second kappa shape index (κ2) is 11.7. The van der Waals surface area contributed by atoms with Crippen LogP contribution in [0.15, 0.2) is 18.2 Å². The Kier molecular flexibility index (Phi) is 8.86. The van der Waals surface area contributed by atoms with E-state index in [1.54, 1.807) is 0 Å². The Bertz CT molecular complexity index is 837. The molecule has 35 heavy (non-hydrogen) atoms. The van der Waals surface area contributed by atoms with Crippen LogP contribution in [0.5, 0.6) is 5.75 Å². The number of halogens is 4. The number of hydrogen-bond donors (Lipinski definition) is 0. The van der Waals surface area contributed by atoms with Crippen molar-refractivity contribution in [3.05, 3.63) is 35.2 Å². The van der Waals surface area contributed by atoms with Crippen LogP contribution in [-0.4, -0.2) is 6.61 Å². The largest absolute Gasteiger partial charge is 0.490 e. The molecule has 5 heteroatoms. The van der Waals surface area contributed by atoms with Crippen molar-refractivity contribution in [1.82, 2.24) is 0 Å². The second-order valence-corrected chi connectivity index (χ2v) is 11.8. The topological polar surface area (TPSA) is 9.23 Å². The van der Waals surface area contributed by atoms with E-state index in [0.717, 1.165) is 69.1 Å². The van der Waals surface area contributed by atoms with E-state index in [4.69, 9.17) is 4.74 Å². The number of benzene rings is 1. The molecule has 1 nitrogen and oxygen atoms in total. The molecule has 0 spiro atoms. The lowest BCUT2D eigenvalue weighted by atomic mass is 9.69. The van der Waals surface area contributed by atoms with Crippen LogP contribution in [0.25, 0.3) is 6.08 Å². The number of alkyl halides is 3. The van der Waals surface area contributed by atoms with E-state index >= 15 is 4.39 Å². The van der Waals surface area contributed by atoms with Gasteiger partial charge in [0.05, 0.1) is 6.61 Å². The van der Waals surface area contributed by atoms with Crippen LogP contribution < -0.4 is 4.74 Å². The van der Waals surface area contributed by atoms with Crippen molar-refractivity contribution in [2.75, 3.05) is 6.61 Å². The summed E-state index contributed by atoms with van der Waals surface area (Å²) < 4.78 is 62.1. The Balaban J connectivity index is 1.37. The average molecular weight is 495 g/mol. The minimum atomic E-state index is -4.76. The van der Waals surface area contributed by atoms with Crippen LogP contribution in [-0.2, 0) is 6.18 Å². The highest BCUT2D eigenvalue weighted by atomic mass is 19.4. The SMILES string of the molecule is CC1CCC(COc2ccc(/C=C/C3CCC(C4CCC(C)CC4)CC3)c(C(F)(F)F)c2F)CC1. The quantitative estimate of drug-likeness (QED) is 0.358. The highest BCUT2D eigenvalue weighted by molar-refractivity contribution is 5.57. The monoisotopic (exact) mass is 494 g/mol. The molecule has 0 aromatic heterocycles. The third kappa shape index (κ3) is 7.04. The molecule has 0 radical (unpaired) electrons. The first-order chi connectivity index (χ1) is 16.7. The van der Waals surface area contributed by atoms with Crippen molar-refractivity contribution in [3.63, 3.8) is 0 Å². The van der Waals surface area contributed by atoms with Crippen LogP contribution in [0.3, 0.4) is 0 Å². The smallest absolute Gasteiger partial charge is 0.419 e. The summed E-state index contributed by atoms with van der Waals surface area (Å²) in [5.74, 6) is 2.10. The number of ether oxygens (including phenoxy) is 1. The minimum absolute atomic E-state index is 0.0998. The lowest BCUT2D eigenvalue weighted by molar-refractivity contribution is -0.140. The van der Waals surface area contributed by atoms with Gasteiger partial charge in [0.25, 0.3) is 0 Å². The average Bonchev–Trinajstić information content (AvgIpc) is 2.83. The van der Waals surface area contributed by atoms with E-state index in [1.807, 2.05) is 6.08 Å². The van der Waals surface area contributed by atoms with E-state index in [9.17, 15) is 13.2 Å². The summed E-state index contributed by atoms with van der Waals surface area (Å²) in [6, 6.07) is 2.74. The molecule has 4 rings (SSSR count). The zero-order valence-corrected chi connectivity index (χ0v) is 21.4. The predicted octanol–water partition coefficient (Wildman–Crippen LogP) is 9.70. The van der Waals surface area contributed by atoms with E-state index in [0.29, 0.717) is 5.92 Å². The first kappa shape index (κ1) is 26.5. The molecule has 0 saturated heterocycles. The maximum absolute atomic E-state index is 15.0. The van der Waals surface area contributed by atoms with Crippen LogP contribution in [0.4, 0.5) is 17.6 Å². The third-order valence-electron chi connectivity index (χ3n) is 9.12. The van der Waals surface area contributed by atoms with Gasteiger partial charge in [-0.25, -0.2) is 4.39 Å². The van der Waals surface area contributed by atoms with E-state index < -0.39 is 17.6 Å². The van der Waals surface area contributed by atoms with Gasteiger partial charge in [0, 0.05) is 0 Å². The summed E-state index contributed by atoms with van der Waals surface area (Å²) in [5.41, 5.74) is -1.30. The summed E-state index contributed by atoms with van der Waals surface area (Å²) in [5, 5.41) is 0. The van der Waals surface area contributed by atoms with Gasteiger partial charge in [-0.2, -0.15) is 13.2 Å².